The molecule has 3 heteroatoms. The lowest BCUT2D eigenvalue weighted by Gasteiger charge is -2.29. The molecule has 0 aromatic heterocycles. The van der Waals surface area contributed by atoms with E-state index in [1.165, 1.54) is 23.2 Å². The maximum atomic E-state index is 13.4. The van der Waals surface area contributed by atoms with Crippen molar-refractivity contribution in [1.29, 1.82) is 0 Å². The molecule has 1 aromatic rings. The van der Waals surface area contributed by atoms with Gasteiger partial charge in [0.15, 0.2) is 0 Å². The van der Waals surface area contributed by atoms with Crippen LogP contribution in [0, 0.1) is 12.8 Å². The number of hydrazine groups is 1. The fourth-order valence-electron chi connectivity index (χ4n) is 3.20. The molecule has 0 radical (unpaired) electrons. The van der Waals surface area contributed by atoms with Gasteiger partial charge < -0.3 is 5.01 Å². The number of fused-ring (bicyclic) bond motifs is 1. The largest absolute Gasteiger partial charge is 0.308 e. The third-order valence-corrected chi connectivity index (χ3v) is 4.15. The van der Waals surface area contributed by atoms with Gasteiger partial charge in [-0.2, -0.15) is 0 Å². The van der Waals surface area contributed by atoms with E-state index in [9.17, 15) is 4.39 Å². The third kappa shape index (κ3) is 2.37. The standard InChI is InChI=1S/C15H21FN2/c1-11-5-6-15-13(7-11)9-17-18(15)10-12-3-2-4-14(16)8-12/h5-7,12,14,17H,2-4,8-10H2,1H3. The third-order valence-electron chi connectivity index (χ3n) is 4.15. The van der Waals surface area contributed by atoms with Crippen LogP contribution < -0.4 is 10.4 Å². The SMILES string of the molecule is Cc1ccc2c(c1)CNN2CC1CCCC(F)C1. The summed E-state index contributed by atoms with van der Waals surface area (Å²) < 4.78 is 13.4. The summed E-state index contributed by atoms with van der Waals surface area (Å²) >= 11 is 0. The fourth-order valence-corrected chi connectivity index (χ4v) is 3.20. The van der Waals surface area contributed by atoms with Gasteiger partial charge in [0.25, 0.3) is 0 Å². The average molecular weight is 248 g/mol. The van der Waals surface area contributed by atoms with Crippen molar-refractivity contribution in [3.05, 3.63) is 29.3 Å². The van der Waals surface area contributed by atoms with Crippen molar-refractivity contribution in [3.63, 3.8) is 0 Å². The van der Waals surface area contributed by atoms with Crippen molar-refractivity contribution in [3.8, 4) is 0 Å². The lowest BCUT2D eigenvalue weighted by molar-refractivity contribution is 0.199. The maximum Gasteiger partial charge on any atom is 0.100 e. The van der Waals surface area contributed by atoms with E-state index >= 15 is 0 Å². The average Bonchev–Trinajstić information content (AvgIpc) is 2.72. The Hall–Kier alpha value is -1.09. The molecule has 98 valence electrons. The van der Waals surface area contributed by atoms with Gasteiger partial charge in [0.1, 0.15) is 6.17 Å². The zero-order valence-electron chi connectivity index (χ0n) is 11.0. The molecule has 2 aliphatic rings. The molecule has 1 aromatic carbocycles. The summed E-state index contributed by atoms with van der Waals surface area (Å²) in [4.78, 5) is 0. The molecule has 0 saturated heterocycles. The number of benzene rings is 1. The smallest absolute Gasteiger partial charge is 0.100 e. The molecule has 2 unspecified atom stereocenters. The van der Waals surface area contributed by atoms with Crippen molar-refractivity contribution >= 4 is 5.69 Å². The number of halogens is 1. The summed E-state index contributed by atoms with van der Waals surface area (Å²) in [6.07, 6.45) is 3.13. The maximum absolute atomic E-state index is 13.4. The Kier molecular flexibility index (Phi) is 3.25. The quantitative estimate of drug-likeness (QED) is 0.863. The predicted molar refractivity (Wildman–Crippen MR) is 72.2 cm³/mol. The first-order chi connectivity index (χ1) is 8.72. The van der Waals surface area contributed by atoms with Crippen LogP contribution in [0.1, 0.15) is 36.8 Å². The minimum absolute atomic E-state index is 0.494. The van der Waals surface area contributed by atoms with Crippen LogP contribution in [-0.2, 0) is 6.54 Å². The van der Waals surface area contributed by atoms with Crippen molar-refractivity contribution in [2.45, 2.75) is 45.3 Å². The Labute approximate surface area is 108 Å². The first-order valence-corrected chi connectivity index (χ1v) is 6.97. The monoisotopic (exact) mass is 248 g/mol. The van der Waals surface area contributed by atoms with Crippen LogP contribution in [0.5, 0.6) is 0 Å². The molecule has 3 rings (SSSR count). The predicted octanol–water partition coefficient (Wildman–Crippen LogP) is 3.35. The van der Waals surface area contributed by atoms with Crippen molar-refractivity contribution in [2.75, 3.05) is 11.6 Å². The number of aryl methyl sites for hydroxylation is 1. The minimum atomic E-state index is -0.580. The lowest BCUT2D eigenvalue weighted by atomic mass is 9.88. The second-order valence-electron chi connectivity index (χ2n) is 5.71. The summed E-state index contributed by atoms with van der Waals surface area (Å²) in [5, 5.41) is 2.22. The summed E-state index contributed by atoms with van der Waals surface area (Å²) in [6, 6.07) is 6.57. The second kappa shape index (κ2) is 4.88. The van der Waals surface area contributed by atoms with Gasteiger partial charge in [-0.1, -0.05) is 24.1 Å². The molecule has 0 bridgehead atoms. The van der Waals surface area contributed by atoms with Crippen LogP contribution >= 0.6 is 0 Å². The Balaban J connectivity index is 1.69. The summed E-state index contributed by atoms with van der Waals surface area (Å²) in [5.41, 5.74) is 7.37. The van der Waals surface area contributed by atoms with E-state index < -0.39 is 6.17 Å². The molecule has 2 atom stereocenters. The van der Waals surface area contributed by atoms with E-state index in [1.54, 1.807) is 0 Å². The Morgan fingerprint density at radius 1 is 1.39 bits per heavy atom. The lowest BCUT2D eigenvalue weighted by Crippen LogP contribution is -2.38. The number of alkyl halides is 1. The van der Waals surface area contributed by atoms with Crippen LogP contribution in [0.15, 0.2) is 18.2 Å². The van der Waals surface area contributed by atoms with Gasteiger partial charge in [0, 0.05) is 13.1 Å². The summed E-state index contributed by atoms with van der Waals surface area (Å²) in [5.74, 6) is 0.494. The molecular weight excluding hydrogens is 227 g/mol. The van der Waals surface area contributed by atoms with Gasteiger partial charge in [0.05, 0.1) is 5.69 Å². The topological polar surface area (TPSA) is 15.3 Å². The zero-order chi connectivity index (χ0) is 12.5. The van der Waals surface area contributed by atoms with Crippen LogP contribution in [0.3, 0.4) is 0 Å². The first-order valence-electron chi connectivity index (χ1n) is 6.97. The molecule has 1 heterocycles. The number of rotatable bonds is 2. The molecule has 1 saturated carbocycles. The molecule has 1 fully saturated rings. The molecule has 0 spiro atoms. The van der Waals surface area contributed by atoms with Gasteiger partial charge >= 0.3 is 0 Å². The first kappa shape index (κ1) is 12.0. The van der Waals surface area contributed by atoms with E-state index in [1.807, 2.05) is 0 Å². The highest BCUT2D eigenvalue weighted by molar-refractivity contribution is 5.57. The van der Waals surface area contributed by atoms with Gasteiger partial charge in [0.2, 0.25) is 0 Å². The summed E-state index contributed by atoms with van der Waals surface area (Å²) in [6.45, 7) is 3.97. The Morgan fingerprint density at radius 3 is 3.11 bits per heavy atom. The van der Waals surface area contributed by atoms with E-state index in [4.69, 9.17) is 0 Å². The van der Waals surface area contributed by atoms with Crippen molar-refractivity contribution in [1.82, 2.24) is 5.43 Å². The zero-order valence-corrected chi connectivity index (χ0v) is 11.0. The van der Waals surface area contributed by atoms with E-state index in [0.717, 1.165) is 32.4 Å². The Morgan fingerprint density at radius 2 is 2.28 bits per heavy atom. The normalized spacial score (nSPS) is 27.3. The van der Waals surface area contributed by atoms with Crippen LogP contribution in [-0.4, -0.2) is 12.7 Å². The van der Waals surface area contributed by atoms with E-state index in [2.05, 4.69) is 35.6 Å². The second-order valence-corrected chi connectivity index (χ2v) is 5.71. The molecule has 1 N–H and O–H groups in total. The minimum Gasteiger partial charge on any atom is -0.308 e. The molecule has 0 amide bonds. The highest BCUT2D eigenvalue weighted by Crippen LogP contribution is 2.31. The van der Waals surface area contributed by atoms with Crippen molar-refractivity contribution in [2.24, 2.45) is 5.92 Å². The number of anilines is 1. The van der Waals surface area contributed by atoms with Gasteiger partial charge in [-0.05, 0) is 43.7 Å². The van der Waals surface area contributed by atoms with Crippen LogP contribution in [0.4, 0.5) is 10.1 Å². The number of hydrogen-bond acceptors (Lipinski definition) is 2. The van der Waals surface area contributed by atoms with E-state index in [-0.39, 0.29) is 0 Å². The number of nitrogens with zero attached hydrogens (tertiary/aromatic N) is 1. The fraction of sp³-hybridized carbons (Fsp3) is 0.600. The van der Waals surface area contributed by atoms with Gasteiger partial charge in [-0.25, -0.2) is 9.82 Å². The van der Waals surface area contributed by atoms with E-state index in [0.29, 0.717) is 5.92 Å². The summed E-state index contributed by atoms with van der Waals surface area (Å²) in [7, 11) is 0. The molecule has 18 heavy (non-hydrogen) atoms. The highest BCUT2D eigenvalue weighted by Gasteiger charge is 2.26. The molecule has 1 aliphatic heterocycles. The number of hydrogen-bond donors (Lipinski definition) is 1. The molecular formula is C15H21FN2. The Bertz CT molecular complexity index is 433. The van der Waals surface area contributed by atoms with Gasteiger partial charge in [-0.15, -0.1) is 0 Å². The van der Waals surface area contributed by atoms with Gasteiger partial charge in [-0.3, -0.25) is 0 Å². The molecule has 1 aliphatic carbocycles. The molecule has 2 nitrogen and oxygen atoms in total. The number of nitrogens with one attached hydrogen (secondary N) is 1. The highest BCUT2D eigenvalue weighted by atomic mass is 19.1. The van der Waals surface area contributed by atoms with Crippen LogP contribution in [0.2, 0.25) is 0 Å². The van der Waals surface area contributed by atoms with Crippen LogP contribution in [0.25, 0.3) is 0 Å². The van der Waals surface area contributed by atoms with Crippen molar-refractivity contribution < 1.29 is 4.39 Å².